The molecule has 2 fully saturated rings. The highest BCUT2D eigenvalue weighted by atomic mass is 16.7. The number of carbonyl (C=O) groups excluding carboxylic acids is 2. The molecule has 0 spiro atoms. The molecule has 2 amide bonds. The highest BCUT2D eigenvalue weighted by molar-refractivity contribution is 5.94. The van der Waals surface area contributed by atoms with Crippen molar-refractivity contribution in [1.29, 1.82) is 0 Å². The minimum atomic E-state index is -0.664. The van der Waals surface area contributed by atoms with Crippen LogP contribution >= 0.6 is 0 Å². The van der Waals surface area contributed by atoms with Gasteiger partial charge in [-0.15, -0.1) is 0 Å². The summed E-state index contributed by atoms with van der Waals surface area (Å²) in [6.07, 6.45) is 3.04. The Labute approximate surface area is 314 Å². The number of nitrogen functional groups attached to an aromatic ring is 1. The van der Waals surface area contributed by atoms with Crippen molar-refractivity contribution >= 4 is 39.9 Å². The summed E-state index contributed by atoms with van der Waals surface area (Å²) in [5, 5.41) is 15.4. The van der Waals surface area contributed by atoms with Gasteiger partial charge in [0.1, 0.15) is 0 Å². The Kier molecular flexibility index (Phi) is 11.8. The number of aromatic amines is 1. The topological polar surface area (TPSA) is 164 Å². The van der Waals surface area contributed by atoms with Crippen LogP contribution in [-0.2, 0) is 25.7 Å². The molecule has 12 heteroatoms. The van der Waals surface area contributed by atoms with Crippen molar-refractivity contribution in [3.8, 4) is 0 Å². The fourth-order valence-corrected chi connectivity index (χ4v) is 7.50. The van der Waals surface area contributed by atoms with E-state index in [-0.39, 0.29) is 48.8 Å². The van der Waals surface area contributed by atoms with E-state index in [0.717, 1.165) is 53.7 Å². The number of unbranched alkanes of at least 4 members (excludes halogenated alkanes) is 1. The molecular weight excluding hydrogens is 684 g/mol. The van der Waals surface area contributed by atoms with Gasteiger partial charge in [0.15, 0.2) is 6.29 Å². The maximum Gasteiger partial charge on any atom is 0.326 e. The summed E-state index contributed by atoms with van der Waals surface area (Å²) < 4.78 is 15.1. The third kappa shape index (κ3) is 9.08. The van der Waals surface area contributed by atoms with Gasteiger partial charge >= 0.3 is 5.69 Å². The molecule has 282 valence electrons. The van der Waals surface area contributed by atoms with E-state index in [1.54, 1.807) is 12.1 Å². The number of nitrogens with two attached hydrogens (primary N) is 1. The number of ether oxygens (including phenoxy) is 2. The second kappa shape index (κ2) is 17.3. The zero-order valence-corrected chi connectivity index (χ0v) is 30.3. The van der Waals surface area contributed by atoms with Crippen molar-refractivity contribution in [2.24, 2.45) is 0 Å². The molecule has 7 rings (SSSR count). The van der Waals surface area contributed by atoms with Crippen molar-refractivity contribution in [2.75, 3.05) is 36.0 Å². The molecule has 0 bridgehead atoms. The van der Waals surface area contributed by atoms with Gasteiger partial charge in [-0.05, 0) is 73.2 Å². The number of likely N-dealkylation sites (tertiary alicyclic amines) is 1. The first-order valence-corrected chi connectivity index (χ1v) is 18.8. The summed E-state index contributed by atoms with van der Waals surface area (Å²) in [7, 11) is 0. The lowest BCUT2D eigenvalue weighted by Gasteiger charge is -2.40. The molecule has 3 heterocycles. The monoisotopic (exact) mass is 732 g/mol. The van der Waals surface area contributed by atoms with Crippen LogP contribution in [0.15, 0.2) is 102 Å². The number of aromatic nitrogens is 2. The fourth-order valence-electron chi connectivity index (χ4n) is 7.50. The average Bonchev–Trinajstić information content (AvgIpc) is 3.53. The SMILES string of the molecule is Nc1ccccc1NC(=O)CCCCC(=O)Nc1cccc([C@H]2O[C@@H](CN3CCC(n4c(=O)[nH]c5ccccc54)CC3)C[C@@H](c3ccc(CO)cc3)O2)c1. The lowest BCUT2D eigenvalue weighted by molar-refractivity contribution is -0.253. The fraction of sp³-hybridized carbons (Fsp3) is 0.357. The summed E-state index contributed by atoms with van der Waals surface area (Å²) in [5.74, 6) is -0.274. The van der Waals surface area contributed by atoms with Gasteiger partial charge in [-0.2, -0.15) is 0 Å². The molecule has 2 aliphatic heterocycles. The van der Waals surface area contributed by atoms with Crippen molar-refractivity contribution in [3.63, 3.8) is 0 Å². The number of H-pyrrole nitrogens is 1. The summed E-state index contributed by atoms with van der Waals surface area (Å²) >= 11 is 0. The molecule has 54 heavy (non-hydrogen) atoms. The number of hydrogen-bond acceptors (Lipinski definition) is 8. The van der Waals surface area contributed by atoms with Gasteiger partial charge < -0.3 is 40.8 Å². The number of amides is 2. The molecule has 12 nitrogen and oxygen atoms in total. The molecule has 4 aromatic carbocycles. The van der Waals surface area contributed by atoms with Gasteiger partial charge in [0.05, 0.1) is 41.2 Å². The average molecular weight is 733 g/mol. The zero-order valence-electron chi connectivity index (χ0n) is 30.3. The molecule has 6 N–H and O–H groups in total. The van der Waals surface area contributed by atoms with E-state index in [4.69, 9.17) is 15.2 Å². The molecule has 2 aliphatic rings. The molecule has 5 aromatic rings. The number of aliphatic hydroxyl groups excluding tert-OH is 1. The van der Waals surface area contributed by atoms with Gasteiger partial charge in [-0.3, -0.25) is 14.2 Å². The standard InChI is InChI=1S/C42H48N6O6/c43-34-10-1-2-11-35(34)45-40(51)15-6-5-14-39(50)44-31-9-7-8-30(24-31)41-53-33(25-38(54-41)29-18-16-28(27-49)17-19-29)26-47-22-20-32(21-23-47)48-37-13-4-3-12-36(37)46-42(48)52/h1-4,7-13,16-19,24,32-33,38,41,49H,5-6,14-15,20-23,25-27,43H2,(H,44,50)(H,45,51)(H,46,52)/t33-,38+,41+/m1/s1. The number of piperidine rings is 1. The number of carbonyl (C=O) groups is 2. The maximum atomic E-state index is 12.9. The highest BCUT2D eigenvalue weighted by Crippen LogP contribution is 2.39. The Bertz CT molecular complexity index is 2100. The second-order valence-electron chi connectivity index (χ2n) is 14.2. The molecule has 2 saturated heterocycles. The van der Waals surface area contributed by atoms with Gasteiger partial charge in [0.25, 0.3) is 0 Å². The molecular formula is C42H48N6O6. The Hall–Kier alpha value is -5.27. The first-order valence-electron chi connectivity index (χ1n) is 18.8. The first kappa shape index (κ1) is 37.1. The Morgan fingerprint density at radius 1 is 0.833 bits per heavy atom. The molecule has 0 unspecified atom stereocenters. The summed E-state index contributed by atoms with van der Waals surface area (Å²) in [6.45, 7) is 2.36. The van der Waals surface area contributed by atoms with Crippen LogP contribution in [-0.4, -0.2) is 57.1 Å². The Balaban J connectivity index is 0.961. The number of benzene rings is 4. The van der Waals surface area contributed by atoms with E-state index in [9.17, 15) is 19.5 Å². The van der Waals surface area contributed by atoms with Gasteiger partial charge in [0.2, 0.25) is 11.8 Å². The first-order chi connectivity index (χ1) is 26.3. The van der Waals surface area contributed by atoms with Crippen LogP contribution < -0.4 is 22.1 Å². The van der Waals surface area contributed by atoms with Crippen LogP contribution in [0.4, 0.5) is 17.1 Å². The smallest absolute Gasteiger partial charge is 0.326 e. The number of aliphatic hydroxyl groups is 1. The van der Waals surface area contributed by atoms with E-state index < -0.39 is 6.29 Å². The lowest BCUT2D eigenvalue weighted by atomic mass is 9.98. The maximum absolute atomic E-state index is 12.9. The molecule has 0 radical (unpaired) electrons. The predicted molar refractivity (Wildman–Crippen MR) is 209 cm³/mol. The lowest BCUT2D eigenvalue weighted by Crippen LogP contribution is -2.43. The summed E-state index contributed by atoms with van der Waals surface area (Å²) in [6, 6.07) is 30.5. The Morgan fingerprint density at radius 3 is 2.31 bits per heavy atom. The number of nitrogens with one attached hydrogen (secondary N) is 3. The van der Waals surface area contributed by atoms with Crippen LogP contribution in [0.5, 0.6) is 0 Å². The number of hydrogen-bond donors (Lipinski definition) is 5. The minimum absolute atomic E-state index is 0.0293. The van der Waals surface area contributed by atoms with Crippen molar-refractivity contribution < 1.29 is 24.2 Å². The number of para-hydroxylation sites is 4. The molecule has 0 aliphatic carbocycles. The highest BCUT2D eigenvalue weighted by Gasteiger charge is 2.34. The van der Waals surface area contributed by atoms with Gasteiger partial charge in [0, 0.05) is 56.2 Å². The normalized spacial score (nSPS) is 19.5. The van der Waals surface area contributed by atoms with E-state index in [1.807, 2.05) is 89.5 Å². The van der Waals surface area contributed by atoms with E-state index in [0.29, 0.717) is 49.3 Å². The van der Waals surface area contributed by atoms with Crippen LogP contribution in [0.3, 0.4) is 0 Å². The van der Waals surface area contributed by atoms with Crippen LogP contribution in [0, 0.1) is 0 Å². The largest absolute Gasteiger partial charge is 0.397 e. The number of imidazole rings is 1. The van der Waals surface area contributed by atoms with Crippen molar-refractivity contribution in [1.82, 2.24) is 14.5 Å². The summed E-state index contributed by atoms with van der Waals surface area (Å²) in [4.78, 5) is 43.5. The van der Waals surface area contributed by atoms with E-state index in [1.165, 1.54) is 0 Å². The third-order valence-corrected chi connectivity index (χ3v) is 10.4. The van der Waals surface area contributed by atoms with Crippen molar-refractivity contribution in [3.05, 3.63) is 124 Å². The quantitative estimate of drug-likeness (QED) is 0.0684. The van der Waals surface area contributed by atoms with E-state index >= 15 is 0 Å². The van der Waals surface area contributed by atoms with Crippen LogP contribution in [0.2, 0.25) is 0 Å². The molecule has 1 aromatic heterocycles. The molecule has 0 saturated carbocycles. The zero-order chi connectivity index (χ0) is 37.4. The minimum Gasteiger partial charge on any atom is -0.397 e. The predicted octanol–water partition coefficient (Wildman–Crippen LogP) is 6.42. The third-order valence-electron chi connectivity index (χ3n) is 10.4. The number of anilines is 3. The molecule has 3 atom stereocenters. The number of rotatable bonds is 13. The summed E-state index contributed by atoms with van der Waals surface area (Å²) in [5.41, 5.74) is 12.0. The van der Waals surface area contributed by atoms with Crippen molar-refractivity contribution in [2.45, 2.75) is 76.1 Å². The van der Waals surface area contributed by atoms with Crippen LogP contribution in [0.1, 0.15) is 80.1 Å². The number of fused-ring (bicyclic) bond motifs is 1. The van der Waals surface area contributed by atoms with Crippen LogP contribution in [0.25, 0.3) is 11.0 Å². The number of nitrogens with zero attached hydrogens (tertiary/aromatic N) is 2. The second-order valence-corrected chi connectivity index (χ2v) is 14.2. The van der Waals surface area contributed by atoms with Gasteiger partial charge in [-0.1, -0.05) is 60.7 Å². The van der Waals surface area contributed by atoms with Gasteiger partial charge in [-0.25, -0.2) is 4.79 Å². The van der Waals surface area contributed by atoms with E-state index in [2.05, 4.69) is 20.5 Å². The Morgan fingerprint density at radius 2 is 1.56 bits per heavy atom.